The molecule has 5 nitrogen and oxygen atoms in total. The van der Waals surface area contributed by atoms with Crippen molar-refractivity contribution in [1.82, 2.24) is 10.3 Å². The first-order chi connectivity index (χ1) is 9.08. The smallest absolute Gasteiger partial charge is 0.248 e. The van der Waals surface area contributed by atoms with Crippen LogP contribution in [0, 0.1) is 11.4 Å². The van der Waals surface area contributed by atoms with Crippen LogP contribution < -0.4 is 11.1 Å². The minimum atomic E-state index is -0.655. The summed E-state index contributed by atoms with van der Waals surface area (Å²) in [5.41, 5.74) is 5.97. The van der Waals surface area contributed by atoms with Crippen molar-refractivity contribution < 1.29 is 9.18 Å². The number of halogens is 1. The van der Waals surface area contributed by atoms with Crippen LogP contribution in [-0.4, -0.2) is 30.2 Å². The van der Waals surface area contributed by atoms with Crippen molar-refractivity contribution in [1.29, 1.82) is 5.41 Å². The van der Waals surface area contributed by atoms with Crippen molar-refractivity contribution in [3.63, 3.8) is 0 Å². The van der Waals surface area contributed by atoms with Gasteiger partial charge < -0.3 is 16.5 Å². The molecule has 0 saturated carbocycles. The Hall–Kier alpha value is -2.08. The summed E-state index contributed by atoms with van der Waals surface area (Å²) in [6, 6.07) is 2.65. The molecule has 1 unspecified atom stereocenters. The van der Waals surface area contributed by atoms with E-state index in [1.165, 1.54) is 24.5 Å². The van der Waals surface area contributed by atoms with Crippen LogP contribution >= 0.6 is 0 Å². The van der Waals surface area contributed by atoms with Gasteiger partial charge in [-0.1, -0.05) is 6.08 Å². The molecule has 0 saturated heterocycles. The Morgan fingerprint density at radius 2 is 2.42 bits per heavy atom. The Bertz CT molecular complexity index is 487. The monoisotopic (exact) mass is 264 g/mol. The van der Waals surface area contributed by atoms with Crippen LogP contribution in [-0.2, 0) is 4.79 Å². The zero-order chi connectivity index (χ0) is 14.3. The lowest BCUT2D eigenvalue weighted by Crippen LogP contribution is -2.25. The van der Waals surface area contributed by atoms with Gasteiger partial charge >= 0.3 is 0 Å². The molecule has 6 heteroatoms. The van der Waals surface area contributed by atoms with Gasteiger partial charge in [-0.05, 0) is 31.5 Å². The Balaban J connectivity index is 2.83. The van der Waals surface area contributed by atoms with E-state index in [4.69, 9.17) is 11.1 Å². The molecular weight excluding hydrogens is 247 g/mol. The predicted molar refractivity (Wildman–Crippen MR) is 72.2 cm³/mol. The van der Waals surface area contributed by atoms with Crippen LogP contribution in [0.2, 0.25) is 0 Å². The quantitative estimate of drug-likeness (QED) is 0.391. The summed E-state index contributed by atoms with van der Waals surface area (Å²) in [5, 5.41) is 10.1. The normalized spacial score (nSPS) is 13.1. The number of primary amides is 1. The van der Waals surface area contributed by atoms with Crippen molar-refractivity contribution in [2.75, 3.05) is 7.05 Å². The van der Waals surface area contributed by atoms with Gasteiger partial charge in [0.2, 0.25) is 11.9 Å². The zero-order valence-electron chi connectivity index (χ0n) is 10.7. The molecule has 1 atom stereocenters. The lowest BCUT2D eigenvalue weighted by molar-refractivity contribution is -0.112. The van der Waals surface area contributed by atoms with E-state index in [0.717, 1.165) is 0 Å². The molecule has 1 amide bonds. The van der Waals surface area contributed by atoms with E-state index in [9.17, 15) is 9.18 Å². The Labute approximate surface area is 111 Å². The van der Waals surface area contributed by atoms with Gasteiger partial charge in [0.1, 0.15) is 0 Å². The number of aromatic nitrogens is 1. The van der Waals surface area contributed by atoms with Gasteiger partial charge in [0.25, 0.3) is 0 Å². The zero-order valence-corrected chi connectivity index (χ0v) is 10.7. The second-order valence-electron chi connectivity index (χ2n) is 3.99. The lowest BCUT2D eigenvalue weighted by Gasteiger charge is -2.09. The third-order valence-corrected chi connectivity index (χ3v) is 2.70. The second-order valence-corrected chi connectivity index (χ2v) is 3.99. The number of rotatable bonds is 7. The number of carbonyl (C=O) groups excluding carboxylic acids is 1. The molecule has 0 bridgehead atoms. The maximum atomic E-state index is 13.0. The summed E-state index contributed by atoms with van der Waals surface area (Å²) in [4.78, 5) is 14.8. The van der Waals surface area contributed by atoms with Gasteiger partial charge in [0.15, 0.2) is 0 Å². The molecule has 0 fully saturated rings. The largest absolute Gasteiger partial charge is 0.366 e. The number of nitrogens with two attached hydrogens (primary N) is 1. The van der Waals surface area contributed by atoms with Crippen molar-refractivity contribution >= 4 is 17.7 Å². The van der Waals surface area contributed by atoms with Gasteiger partial charge in [-0.25, -0.2) is 4.98 Å². The van der Waals surface area contributed by atoms with Gasteiger partial charge in [-0.3, -0.25) is 4.79 Å². The topological polar surface area (TPSA) is 91.9 Å². The van der Waals surface area contributed by atoms with E-state index < -0.39 is 11.9 Å². The Kier molecular flexibility index (Phi) is 5.81. The number of amides is 1. The highest BCUT2D eigenvalue weighted by atomic mass is 19.1. The number of hydrogen-bond donors (Lipinski definition) is 3. The van der Waals surface area contributed by atoms with E-state index in [0.29, 0.717) is 18.4 Å². The van der Waals surface area contributed by atoms with Crippen molar-refractivity contribution in [2.24, 2.45) is 5.73 Å². The van der Waals surface area contributed by atoms with Crippen molar-refractivity contribution in [3.8, 4) is 0 Å². The highest BCUT2D eigenvalue weighted by Crippen LogP contribution is 2.15. The highest BCUT2D eigenvalue weighted by molar-refractivity contribution is 6.18. The van der Waals surface area contributed by atoms with Gasteiger partial charge in [0.05, 0.1) is 0 Å². The van der Waals surface area contributed by atoms with E-state index in [1.54, 1.807) is 13.1 Å². The fourth-order valence-electron chi connectivity index (χ4n) is 1.65. The maximum absolute atomic E-state index is 13.0. The molecule has 1 heterocycles. The summed E-state index contributed by atoms with van der Waals surface area (Å²) < 4.78 is 13.0. The van der Waals surface area contributed by atoms with Crippen LogP contribution in [0.4, 0.5) is 4.39 Å². The summed E-state index contributed by atoms with van der Waals surface area (Å²) >= 11 is 0. The SMILES string of the molecule is CNC(C=N)CC/C=C(/C(N)=O)c1ccnc(F)c1. The number of allylic oxidation sites excluding steroid dienone is 1. The van der Waals surface area contributed by atoms with Gasteiger partial charge in [-0.15, -0.1) is 0 Å². The fraction of sp³-hybridized carbons (Fsp3) is 0.308. The fourth-order valence-corrected chi connectivity index (χ4v) is 1.65. The van der Waals surface area contributed by atoms with Gasteiger partial charge in [-0.2, -0.15) is 4.39 Å². The molecule has 4 N–H and O–H groups in total. The third-order valence-electron chi connectivity index (χ3n) is 2.70. The van der Waals surface area contributed by atoms with Crippen LogP contribution in [0.15, 0.2) is 24.4 Å². The van der Waals surface area contributed by atoms with Crippen LogP contribution in [0.25, 0.3) is 5.57 Å². The predicted octanol–water partition coefficient (Wildman–Crippen LogP) is 1.11. The Morgan fingerprint density at radius 3 is 2.95 bits per heavy atom. The van der Waals surface area contributed by atoms with Crippen LogP contribution in [0.5, 0.6) is 0 Å². The number of nitrogens with one attached hydrogen (secondary N) is 2. The van der Waals surface area contributed by atoms with E-state index in [2.05, 4.69) is 10.3 Å². The molecule has 1 rings (SSSR count). The summed E-state index contributed by atoms with van der Waals surface area (Å²) in [7, 11) is 1.76. The molecule has 102 valence electrons. The maximum Gasteiger partial charge on any atom is 0.248 e. The molecule has 0 aliphatic heterocycles. The molecule has 0 aliphatic rings. The first-order valence-electron chi connectivity index (χ1n) is 5.88. The molecule has 0 aliphatic carbocycles. The third kappa shape index (κ3) is 4.59. The van der Waals surface area contributed by atoms with Crippen LogP contribution in [0.1, 0.15) is 18.4 Å². The molecule has 0 radical (unpaired) electrons. The molecule has 0 aromatic carbocycles. The van der Waals surface area contributed by atoms with Crippen LogP contribution in [0.3, 0.4) is 0 Å². The number of pyridine rings is 1. The van der Waals surface area contributed by atoms with Gasteiger partial charge in [0, 0.05) is 30.1 Å². The van der Waals surface area contributed by atoms with Crippen molar-refractivity contribution in [2.45, 2.75) is 18.9 Å². The van der Waals surface area contributed by atoms with E-state index in [1.807, 2.05) is 0 Å². The standard InChI is InChI=1S/C13H17FN4O/c1-17-10(8-15)3-2-4-11(13(16)19)9-5-6-18-12(14)7-9/h4-8,10,15,17H,2-3H2,1H3,(H2,16,19)/b11-4+,15-8?. The second kappa shape index (κ2) is 7.38. The molecule has 1 aromatic heterocycles. The molecule has 19 heavy (non-hydrogen) atoms. The average Bonchev–Trinajstić information content (AvgIpc) is 2.38. The minimum absolute atomic E-state index is 0.0560. The first kappa shape index (κ1) is 15.0. The highest BCUT2D eigenvalue weighted by Gasteiger charge is 2.09. The lowest BCUT2D eigenvalue weighted by atomic mass is 10.0. The molecular formula is C13H17FN4O. The summed E-state index contributed by atoms with van der Waals surface area (Å²) in [5.74, 6) is -1.27. The van der Waals surface area contributed by atoms with Crippen molar-refractivity contribution in [3.05, 3.63) is 35.9 Å². The molecule has 0 spiro atoms. The number of hydrogen-bond acceptors (Lipinski definition) is 4. The number of nitrogens with zero attached hydrogens (tertiary/aromatic N) is 1. The summed E-state index contributed by atoms with van der Waals surface area (Å²) in [6.45, 7) is 0. The first-order valence-corrected chi connectivity index (χ1v) is 5.88. The molecule has 1 aromatic rings. The van der Waals surface area contributed by atoms with E-state index in [-0.39, 0.29) is 11.6 Å². The Morgan fingerprint density at radius 1 is 1.68 bits per heavy atom. The summed E-state index contributed by atoms with van der Waals surface area (Å²) in [6.07, 6.45) is 5.46. The minimum Gasteiger partial charge on any atom is -0.366 e. The average molecular weight is 264 g/mol. The van der Waals surface area contributed by atoms with E-state index >= 15 is 0 Å². The number of carbonyl (C=O) groups is 1.